The van der Waals surface area contributed by atoms with Gasteiger partial charge < -0.3 is 15.8 Å². The Morgan fingerprint density at radius 2 is 2.12 bits per heavy atom. The number of nitrogens with one attached hydrogen (secondary N) is 1. The number of carbonyl (C=O) groups excluding carboxylic acids is 1. The molecule has 3 N–H and O–H groups in total. The standard InChI is InChI=1S/C13H20N2O2/c1-10-3-4-12(9-11(10)2)17-8-7-15-13(16)5-6-14/h3-4,9H,5-8,14H2,1-2H3,(H,15,16). The Hall–Kier alpha value is -1.55. The van der Waals surface area contributed by atoms with E-state index in [-0.39, 0.29) is 5.91 Å². The first kappa shape index (κ1) is 13.5. The molecule has 1 rings (SSSR count). The van der Waals surface area contributed by atoms with Crippen molar-refractivity contribution in [2.75, 3.05) is 19.7 Å². The predicted octanol–water partition coefficient (Wildman–Crippen LogP) is 1.15. The van der Waals surface area contributed by atoms with Crippen LogP contribution in [0.15, 0.2) is 18.2 Å². The molecule has 1 aromatic carbocycles. The average molecular weight is 236 g/mol. The van der Waals surface area contributed by atoms with Crippen LogP contribution in [0.1, 0.15) is 17.5 Å². The molecular weight excluding hydrogens is 216 g/mol. The van der Waals surface area contributed by atoms with E-state index in [2.05, 4.69) is 12.2 Å². The Kier molecular flexibility index (Phi) is 5.49. The van der Waals surface area contributed by atoms with Crippen molar-refractivity contribution >= 4 is 5.91 Å². The summed E-state index contributed by atoms with van der Waals surface area (Å²) in [6, 6.07) is 5.96. The molecule has 0 unspecified atom stereocenters. The van der Waals surface area contributed by atoms with Gasteiger partial charge in [-0.05, 0) is 37.1 Å². The van der Waals surface area contributed by atoms with Gasteiger partial charge in [-0.2, -0.15) is 0 Å². The summed E-state index contributed by atoms with van der Waals surface area (Å²) in [5.41, 5.74) is 7.71. The summed E-state index contributed by atoms with van der Waals surface area (Å²) in [6.07, 6.45) is 0.365. The number of aryl methyl sites for hydroxylation is 2. The fraction of sp³-hybridized carbons (Fsp3) is 0.462. The van der Waals surface area contributed by atoms with E-state index >= 15 is 0 Å². The molecule has 0 atom stereocenters. The first-order valence-electron chi connectivity index (χ1n) is 5.80. The SMILES string of the molecule is Cc1ccc(OCCNC(=O)CCN)cc1C. The lowest BCUT2D eigenvalue weighted by Gasteiger charge is -2.09. The Morgan fingerprint density at radius 3 is 2.76 bits per heavy atom. The molecule has 0 saturated heterocycles. The number of carbonyl (C=O) groups is 1. The van der Waals surface area contributed by atoms with E-state index in [1.807, 2.05) is 25.1 Å². The third kappa shape index (κ3) is 4.87. The van der Waals surface area contributed by atoms with Gasteiger partial charge in [0.15, 0.2) is 0 Å². The van der Waals surface area contributed by atoms with Gasteiger partial charge in [0.25, 0.3) is 0 Å². The monoisotopic (exact) mass is 236 g/mol. The lowest BCUT2D eigenvalue weighted by molar-refractivity contribution is -0.120. The van der Waals surface area contributed by atoms with Crippen LogP contribution in [0.3, 0.4) is 0 Å². The largest absolute Gasteiger partial charge is 0.492 e. The molecule has 0 aliphatic carbocycles. The average Bonchev–Trinajstić information content (AvgIpc) is 2.29. The van der Waals surface area contributed by atoms with Gasteiger partial charge in [0.05, 0.1) is 6.54 Å². The fourth-order valence-electron chi connectivity index (χ4n) is 1.38. The third-order valence-corrected chi connectivity index (χ3v) is 2.54. The van der Waals surface area contributed by atoms with Crippen LogP contribution in [0.5, 0.6) is 5.75 Å². The second-order valence-corrected chi connectivity index (χ2v) is 3.98. The number of hydrogen-bond acceptors (Lipinski definition) is 3. The summed E-state index contributed by atoms with van der Waals surface area (Å²) in [5.74, 6) is 0.803. The van der Waals surface area contributed by atoms with Crippen LogP contribution in [0.25, 0.3) is 0 Å². The number of nitrogens with two attached hydrogens (primary N) is 1. The maximum atomic E-state index is 11.1. The van der Waals surface area contributed by atoms with Crippen LogP contribution < -0.4 is 15.8 Å². The van der Waals surface area contributed by atoms with E-state index in [4.69, 9.17) is 10.5 Å². The number of ether oxygens (including phenoxy) is 1. The van der Waals surface area contributed by atoms with Crippen molar-refractivity contribution in [2.45, 2.75) is 20.3 Å². The van der Waals surface area contributed by atoms with Gasteiger partial charge in [0, 0.05) is 13.0 Å². The Morgan fingerprint density at radius 1 is 1.35 bits per heavy atom. The number of benzene rings is 1. The molecular formula is C13H20N2O2. The molecule has 1 amide bonds. The molecule has 4 nitrogen and oxygen atoms in total. The minimum Gasteiger partial charge on any atom is -0.492 e. The highest BCUT2D eigenvalue weighted by Crippen LogP contribution is 2.15. The molecule has 0 aliphatic heterocycles. The Labute approximate surface area is 102 Å². The van der Waals surface area contributed by atoms with Crippen molar-refractivity contribution in [3.8, 4) is 5.75 Å². The molecule has 4 heteroatoms. The first-order chi connectivity index (χ1) is 8.13. The van der Waals surface area contributed by atoms with E-state index in [1.165, 1.54) is 11.1 Å². The molecule has 0 aliphatic rings. The molecule has 0 heterocycles. The predicted molar refractivity (Wildman–Crippen MR) is 68.1 cm³/mol. The van der Waals surface area contributed by atoms with E-state index in [0.717, 1.165) is 5.75 Å². The van der Waals surface area contributed by atoms with Crippen molar-refractivity contribution in [1.82, 2.24) is 5.32 Å². The van der Waals surface area contributed by atoms with Crippen LogP contribution >= 0.6 is 0 Å². The summed E-state index contributed by atoms with van der Waals surface area (Å²) < 4.78 is 5.52. The Balaban J connectivity index is 2.26. The van der Waals surface area contributed by atoms with Crippen molar-refractivity contribution < 1.29 is 9.53 Å². The number of rotatable bonds is 6. The molecule has 17 heavy (non-hydrogen) atoms. The zero-order valence-electron chi connectivity index (χ0n) is 10.5. The number of amides is 1. The van der Waals surface area contributed by atoms with Gasteiger partial charge in [0.2, 0.25) is 5.91 Å². The maximum Gasteiger partial charge on any atom is 0.221 e. The van der Waals surface area contributed by atoms with Gasteiger partial charge in [-0.3, -0.25) is 4.79 Å². The molecule has 0 bridgehead atoms. The van der Waals surface area contributed by atoms with Crippen molar-refractivity contribution in [1.29, 1.82) is 0 Å². The molecule has 0 radical (unpaired) electrons. The van der Waals surface area contributed by atoms with Gasteiger partial charge in [-0.25, -0.2) is 0 Å². The summed E-state index contributed by atoms with van der Waals surface area (Å²) in [6.45, 7) is 5.46. The molecule has 0 aromatic heterocycles. The van der Waals surface area contributed by atoms with Crippen molar-refractivity contribution in [3.05, 3.63) is 29.3 Å². The lowest BCUT2D eigenvalue weighted by Crippen LogP contribution is -2.29. The van der Waals surface area contributed by atoms with Crippen LogP contribution in [0.4, 0.5) is 0 Å². The van der Waals surface area contributed by atoms with Gasteiger partial charge in [-0.15, -0.1) is 0 Å². The summed E-state index contributed by atoms with van der Waals surface area (Å²) in [4.78, 5) is 11.1. The molecule has 0 fully saturated rings. The molecule has 1 aromatic rings. The second-order valence-electron chi connectivity index (χ2n) is 3.98. The smallest absolute Gasteiger partial charge is 0.221 e. The normalized spacial score (nSPS) is 10.1. The van der Waals surface area contributed by atoms with Crippen LogP contribution in [-0.4, -0.2) is 25.6 Å². The minimum absolute atomic E-state index is 0.0313. The van der Waals surface area contributed by atoms with Crippen molar-refractivity contribution in [3.63, 3.8) is 0 Å². The molecule has 0 saturated carbocycles. The van der Waals surface area contributed by atoms with Gasteiger partial charge in [0.1, 0.15) is 12.4 Å². The molecule has 94 valence electrons. The van der Waals surface area contributed by atoms with Gasteiger partial charge in [-0.1, -0.05) is 6.07 Å². The maximum absolute atomic E-state index is 11.1. The zero-order chi connectivity index (χ0) is 12.7. The summed E-state index contributed by atoms with van der Waals surface area (Å²) >= 11 is 0. The minimum atomic E-state index is -0.0313. The highest BCUT2D eigenvalue weighted by atomic mass is 16.5. The fourth-order valence-corrected chi connectivity index (χ4v) is 1.38. The topological polar surface area (TPSA) is 64.3 Å². The molecule has 0 spiro atoms. The van der Waals surface area contributed by atoms with Crippen LogP contribution in [-0.2, 0) is 4.79 Å². The van der Waals surface area contributed by atoms with E-state index < -0.39 is 0 Å². The highest BCUT2D eigenvalue weighted by Gasteiger charge is 1.99. The van der Waals surface area contributed by atoms with Crippen LogP contribution in [0, 0.1) is 13.8 Å². The number of hydrogen-bond donors (Lipinski definition) is 2. The van der Waals surface area contributed by atoms with E-state index in [0.29, 0.717) is 26.1 Å². The van der Waals surface area contributed by atoms with Crippen molar-refractivity contribution in [2.24, 2.45) is 5.73 Å². The highest BCUT2D eigenvalue weighted by molar-refractivity contribution is 5.75. The summed E-state index contributed by atoms with van der Waals surface area (Å²) in [5, 5.41) is 2.74. The first-order valence-corrected chi connectivity index (χ1v) is 5.80. The van der Waals surface area contributed by atoms with E-state index in [1.54, 1.807) is 0 Å². The second kappa shape index (κ2) is 6.91. The Bertz CT molecular complexity index is 378. The third-order valence-electron chi connectivity index (χ3n) is 2.54. The lowest BCUT2D eigenvalue weighted by atomic mass is 10.1. The van der Waals surface area contributed by atoms with E-state index in [9.17, 15) is 4.79 Å². The van der Waals surface area contributed by atoms with Gasteiger partial charge >= 0.3 is 0 Å². The summed E-state index contributed by atoms with van der Waals surface area (Å²) in [7, 11) is 0. The van der Waals surface area contributed by atoms with Crippen LogP contribution in [0.2, 0.25) is 0 Å². The quantitative estimate of drug-likeness (QED) is 0.728. The zero-order valence-corrected chi connectivity index (χ0v) is 10.5.